The molecule has 1 aromatic rings. The molecule has 0 aromatic heterocycles. The first-order valence-electron chi connectivity index (χ1n) is 7.59. The largest absolute Gasteiger partial charge is 0.466 e. The van der Waals surface area contributed by atoms with Crippen molar-refractivity contribution in [3.8, 4) is 0 Å². The van der Waals surface area contributed by atoms with Crippen molar-refractivity contribution in [3.63, 3.8) is 0 Å². The lowest BCUT2D eigenvalue weighted by molar-refractivity contribution is -0.143. The number of benzene rings is 1. The second kappa shape index (κ2) is 9.65. The molecule has 0 radical (unpaired) electrons. The van der Waals surface area contributed by atoms with Crippen molar-refractivity contribution in [1.82, 2.24) is 0 Å². The zero-order valence-electron chi connectivity index (χ0n) is 14.1. The molecule has 0 aliphatic rings. The zero-order chi connectivity index (χ0) is 18.3. The molecular formula is C19H21Cl2FO2. The Kier molecular flexibility index (Phi) is 8.23. The minimum absolute atomic E-state index is 0.0219. The molecule has 0 spiro atoms. The molecule has 0 atom stereocenters. The van der Waals surface area contributed by atoms with Crippen molar-refractivity contribution < 1.29 is 13.9 Å². The minimum atomic E-state index is -0.455. The summed E-state index contributed by atoms with van der Waals surface area (Å²) in [5.41, 5.74) is 2.69. The van der Waals surface area contributed by atoms with Crippen LogP contribution in [0.3, 0.4) is 0 Å². The van der Waals surface area contributed by atoms with Gasteiger partial charge in [-0.15, -0.1) is 0 Å². The molecule has 0 aliphatic heterocycles. The van der Waals surface area contributed by atoms with E-state index < -0.39 is 11.8 Å². The molecule has 5 heteroatoms. The van der Waals surface area contributed by atoms with Gasteiger partial charge in [0.1, 0.15) is 5.83 Å². The normalized spacial score (nSPS) is 12.2. The second-order valence-corrected chi connectivity index (χ2v) is 6.26. The Morgan fingerprint density at radius 1 is 1.25 bits per heavy atom. The van der Waals surface area contributed by atoms with Crippen molar-refractivity contribution in [2.75, 3.05) is 6.61 Å². The zero-order valence-corrected chi connectivity index (χ0v) is 15.6. The molecule has 130 valence electrons. The van der Waals surface area contributed by atoms with Crippen molar-refractivity contribution in [2.45, 2.75) is 33.6 Å². The van der Waals surface area contributed by atoms with Crippen LogP contribution in [0.25, 0.3) is 5.57 Å². The maximum absolute atomic E-state index is 14.2. The Morgan fingerprint density at radius 2 is 1.83 bits per heavy atom. The van der Waals surface area contributed by atoms with Crippen molar-refractivity contribution in [1.29, 1.82) is 0 Å². The first kappa shape index (κ1) is 20.5. The van der Waals surface area contributed by atoms with E-state index in [1.807, 2.05) is 6.92 Å². The van der Waals surface area contributed by atoms with Crippen LogP contribution < -0.4 is 0 Å². The third-order valence-electron chi connectivity index (χ3n) is 3.06. The van der Waals surface area contributed by atoms with E-state index in [1.165, 1.54) is 6.08 Å². The fourth-order valence-corrected chi connectivity index (χ4v) is 2.94. The number of rotatable bonds is 7. The van der Waals surface area contributed by atoms with Gasteiger partial charge in [-0.25, -0.2) is 4.39 Å². The number of allylic oxidation sites excluding steroid dienone is 5. The van der Waals surface area contributed by atoms with E-state index in [0.29, 0.717) is 21.2 Å². The van der Waals surface area contributed by atoms with Crippen LogP contribution in [0.1, 0.15) is 37.8 Å². The lowest BCUT2D eigenvalue weighted by Gasteiger charge is -2.11. The number of halogens is 3. The Bertz CT molecular complexity index is 668. The number of esters is 1. The standard InChI is InChI=1S/C19H21Cl2FO2/c1-5-24-18(23)7-6-15(22)11-14(8-12(2)3)19-16(20)9-13(4)10-17(19)21/h8-11H,2,5-7H2,1,3-4H3/b14-8+,15-11-. The first-order valence-corrected chi connectivity index (χ1v) is 8.35. The molecule has 0 amide bonds. The van der Waals surface area contributed by atoms with Gasteiger partial charge in [0.25, 0.3) is 0 Å². The minimum Gasteiger partial charge on any atom is -0.466 e. The van der Waals surface area contributed by atoms with Crippen molar-refractivity contribution in [2.24, 2.45) is 0 Å². The monoisotopic (exact) mass is 370 g/mol. The van der Waals surface area contributed by atoms with Crippen LogP contribution in [-0.4, -0.2) is 12.6 Å². The van der Waals surface area contributed by atoms with Crippen LogP contribution in [0.5, 0.6) is 0 Å². The fourth-order valence-electron chi connectivity index (χ4n) is 2.12. The molecule has 1 rings (SSSR count). The number of ether oxygens (including phenoxy) is 1. The highest BCUT2D eigenvalue weighted by Crippen LogP contribution is 2.34. The van der Waals surface area contributed by atoms with Gasteiger partial charge in [0, 0.05) is 12.0 Å². The van der Waals surface area contributed by atoms with E-state index >= 15 is 0 Å². The first-order chi connectivity index (χ1) is 11.2. The fraction of sp³-hybridized carbons (Fsp3) is 0.316. The summed E-state index contributed by atoms with van der Waals surface area (Å²) in [6.07, 6.45) is 2.96. The third kappa shape index (κ3) is 6.50. The van der Waals surface area contributed by atoms with Gasteiger partial charge in [0.15, 0.2) is 0 Å². The maximum atomic E-state index is 14.2. The lowest BCUT2D eigenvalue weighted by Crippen LogP contribution is -2.03. The van der Waals surface area contributed by atoms with Gasteiger partial charge >= 0.3 is 5.97 Å². The quantitative estimate of drug-likeness (QED) is 0.406. The van der Waals surface area contributed by atoms with E-state index in [2.05, 4.69) is 6.58 Å². The SMILES string of the molecule is C=C(C)/C=C(\C=C(/F)CCC(=O)OCC)c1c(Cl)cc(C)cc1Cl. The Labute approximate surface area is 152 Å². The molecule has 1 aromatic carbocycles. The van der Waals surface area contributed by atoms with Crippen LogP contribution >= 0.6 is 23.2 Å². The van der Waals surface area contributed by atoms with E-state index in [4.69, 9.17) is 27.9 Å². The van der Waals surface area contributed by atoms with Gasteiger partial charge in [0.2, 0.25) is 0 Å². The van der Waals surface area contributed by atoms with Gasteiger partial charge in [-0.3, -0.25) is 4.79 Å². The van der Waals surface area contributed by atoms with Crippen LogP contribution in [0, 0.1) is 6.92 Å². The number of hydrogen-bond acceptors (Lipinski definition) is 2. The van der Waals surface area contributed by atoms with Crippen LogP contribution in [0.15, 0.2) is 42.3 Å². The van der Waals surface area contributed by atoms with Crippen LogP contribution in [0.4, 0.5) is 4.39 Å². The third-order valence-corrected chi connectivity index (χ3v) is 3.66. The molecule has 0 unspecified atom stereocenters. The van der Waals surface area contributed by atoms with Gasteiger partial charge in [-0.05, 0) is 50.1 Å². The molecule has 0 saturated heterocycles. The number of hydrogen-bond donors (Lipinski definition) is 0. The molecule has 2 nitrogen and oxygen atoms in total. The van der Waals surface area contributed by atoms with Gasteiger partial charge in [0.05, 0.1) is 23.1 Å². The summed E-state index contributed by atoms with van der Waals surface area (Å²) in [7, 11) is 0. The smallest absolute Gasteiger partial charge is 0.306 e. The molecule has 0 saturated carbocycles. The summed E-state index contributed by atoms with van der Waals surface area (Å²) in [5.74, 6) is -0.888. The highest BCUT2D eigenvalue weighted by molar-refractivity contribution is 6.38. The van der Waals surface area contributed by atoms with E-state index in [-0.39, 0.29) is 19.4 Å². The van der Waals surface area contributed by atoms with Gasteiger partial charge in [-0.2, -0.15) is 0 Å². The highest BCUT2D eigenvalue weighted by Gasteiger charge is 2.13. The van der Waals surface area contributed by atoms with E-state index in [9.17, 15) is 9.18 Å². The Hall–Kier alpha value is -1.58. The molecule has 0 aliphatic carbocycles. The number of aryl methyl sites for hydroxylation is 1. The summed E-state index contributed by atoms with van der Waals surface area (Å²) in [5, 5.41) is 0.865. The average Bonchev–Trinajstić information content (AvgIpc) is 2.43. The second-order valence-electron chi connectivity index (χ2n) is 5.45. The average molecular weight is 371 g/mol. The summed E-state index contributed by atoms with van der Waals surface area (Å²) in [4.78, 5) is 11.3. The van der Waals surface area contributed by atoms with Gasteiger partial charge < -0.3 is 4.74 Å². The number of carbonyl (C=O) groups excluding carboxylic acids is 1. The summed E-state index contributed by atoms with van der Waals surface area (Å²) >= 11 is 12.6. The summed E-state index contributed by atoms with van der Waals surface area (Å²) in [6.45, 7) is 9.47. The molecule has 0 N–H and O–H groups in total. The Morgan fingerprint density at radius 3 is 2.33 bits per heavy atom. The predicted molar refractivity (Wildman–Crippen MR) is 99.0 cm³/mol. The molecule has 0 heterocycles. The summed E-state index contributed by atoms with van der Waals surface area (Å²) in [6, 6.07) is 3.53. The van der Waals surface area contributed by atoms with Crippen molar-refractivity contribution in [3.05, 3.63) is 63.4 Å². The van der Waals surface area contributed by atoms with Crippen LogP contribution in [-0.2, 0) is 9.53 Å². The van der Waals surface area contributed by atoms with Crippen LogP contribution in [0.2, 0.25) is 10.0 Å². The maximum Gasteiger partial charge on any atom is 0.306 e. The summed E-state index contributed by atoms with van der Waals surface area (Å²) < 4.78 is 19.0. The predicted octanol–water partition coefficient (Wildman–Crippen LogP) is 6.46. The molecule has 0 bridgehead atoms. The van der Waals surface area contributed by atoms with E-state index in [0.717, 1.165) is 11.1 Å². The van der Waals surface area contributed by atoms with Gasteiger partial charge in [-0.1, -0.05) is 41.4 Å². The Balaban J connectivity index is 3.14. The lowest BCUT2D eigenvalue weighted by atomic mass is 10.0. The molecule has 0 fully saturated rings. The van der Waals surface area contributed by atoms with Crippen molar-refractivity contribution >= 4 is 34.7 Å². The molecule has 24 heavy (non-hydrogen) atoms. The topological polar surface area (TPSA) is 26.3 Å². The number of carbonyl (C=O) groups is 1. The highest BCUT2D eigenvalue weighted by atomic mass is 35.5. The molecular weight excluding hydrogens is 350 g/mol. The van der Waals surface area contributed by atoms with E-state index in [1.54, 1.807) is 32.1 Å².